The van der Waals surface area contributed by atoms with E-state index < -0.39 is 0 Å². The van der Waals surface area contributed by atoms with Crippen LogP contribution >= 0.6 is 15.9 Å². The molecule has 0 saturated heterocycles. The van der Waals surface area contributed by atoms with Crippen molar-refractivity contribution >= 4 is 27.7 Å². The maximum atomic E-state index is 13.1. The minimum Gasteiger partial charge on any atom is -0.352 e. The molecule has 0 spiro atoms. The predicted molar refractivity (Wildman–Crippen MR) is 98.6 cm³/mol. The topological polar surface area (TPSA) is 58.2 Å². The first-order valence-electron chi connectivity index (χ1n) is 7.97. The number of carbonyl (C=O) groups excluding carboxylic acids is 2. The molecule has 2 aromatic rings. The molecule has 132 valence electrons. The number of nitrogens with one attached hydrogen (secondary N) is 2. The molecule has 6 heteroatoms. The molecule has 1 unspecified atom stereocenters. The number of rotatable bonds is 7. The fourth-order valence-corrected chi connectivity index (χ4v) is 2.69. The lowest BCUT2D eigenvalue weighted by molar-refractivity contribution is -0.126. The molecule has 0 aliphatic heterocycles. The molecule has 25 heavy (non-hydrogen) atoms. The van der Waals surface area contributed by atoms with Crippen molar-refractivity contribution in [2.75, 3.05) is 6.54 Å². The van der Waals surface area contributed by atoms with Gasteiger partial charge < -0.3 is 10.6 Å². The summed E-state index contributed by atoms with van der Waals surface area (Å²) in [5.74, 6) is -0.955. The third-order valence-corrected chi connectivity index (χ3v) is 4.09. The average Bonchev–Trinajstić information content (AvgIpc) is 2.55. The minimum atomic E-state index is -0.384. The molecule has 1 atom stereocenters. The Morgan fingerprint density at radius 1 is 1.08 bits per heavy atom. The van der Waals surface area contributed by atoms with Gasteiger partial charge in [0.05, 0.1) is 13.0 Å². The molecule has 0 heterocycles. The second-order valence-corrected chi connectivity index (χ2v) is 6.80. The van der Waals surface area contributed by atoms with Crippen molar-refractivity contribution in [1.29, 1.82) is 0 Å². The van der Waals surface area contributed by atoms with Crippen molar-refractivity contribution in [3.8, 4) is 0 Å². The normalized spacial score (nSPS) is 11.6. The number of hydrogen-bond donors (Lipinski definition) is 2. The Balaban J connectivity index is 1.72. The molecule has 0 aliphatic carbocycles. The summed E-state index contributed by atoms with van der Waals surface area (Å²) < 4.78 is 14.1. The minimum absolute atomic E-state index is 0.0412. The quantitative estimate of drug-likeness (QED) is 0.742. The van der Waals surface area contributed by atoms with Gasteiger partial charge in [0, 0.05) is 10.5 Å². The Morgan fingerprint density at radius 2 is 1.80 bits per heavy atom. The van der Waals surface area contributed by atoms with E-state index in [1.165, 1.54) is 12.1 Å². The molecular formula is C19H20BrFN2O2. The zero-order valence-electron chi connectivity index (χ0n) is 13.9. The fourth-order valence-electron chi connectivity index (χ4n) is 2.42. The standard InChI is InChI=1S/C19H20BrFN2O2/c1-13(9-14-5-7-16(20)8-6-14)23-19(25)12-22-18(24)11-15-3-2-4-17(21)10-15/h2-8,10,13H,9,11-12H2,1H3,(H,22,24)(H,23,25). The Bertz CT molecular complexity index is 734. The molecule has 4 nitrogen and oxygen atoms in total. The van der Waals surface area contributed by atoms with Crippen LogP contribution in [0.3, 0.4) is 0 Å². The zero-order chi connectivity index (χ0) is 18.2. The summed E-state index contributed by atoms with van der Waals surface area (Å²) in [6.07, 6.45) is 0.746. The second kappa shape index (κ2) is 9.32. The van der Waals surface area contributed by atoms with Gasteiger partial charge in [-0.25, -0.2) is 4.39 Å². The first kappa shape index (κ1) is 19.1. The van der Waals surface area contributed by atoms with Gasteiger partial charge in [0.15, 0.2) is 0 Å². The maximum absolute atomic E-state index is 13.1. The Labute approximate surface area is 154 Å². The summed E-state index contributed by atoms with van der Waals surface area (Å²) in [4.78, 5) is 23.7. The molecule has 0 aliphatic rings. The van der Waals surface area contributed by atoms with Gasteiger partial charge in [0.25, 0.3) is 0 Å². The summed E-state index contributed by atoms with van der Waals surface area (Å²) in [6, 6.07) is 13.7. The first-order valence-corrected chi connectivity index (χ1v) is 8.76. The second-order valence-electron chi connectivity index (χ2n) is 5.88. The lowest BCUT2D eigenvalue weighted by Gasteiger charge is -2.14. The number of carbonyl (C=O) groups is 2. The highest BCUT2D eigenvalue weighted by Crippen LogP contribution is 2.11. The van der Waals surface area contributed by atoms with Gasteiger partial charge in [-0.05, 0) is 48.7 Å². The van der Waals surface area contributed by atoms with Crippen molar-refractivity contribution < 1.29 is 14.0 Å². The van der Waals surface area contributed by atoms with Crippen LogP contribution in [0.15, 0.2) is 53.0 Å². The van der Waals surface area contributed by atoms with Gasteiger partial charge in [-0.1, -0.05) is 40.2 Å². The summed E-state index contributed by atoms with van der Waals surface area (Å²) in [7, 11) is 0. The van der Waals surface area contributed by atoms with E-state index in [0.29, 0.717) is 12.0 Å². The Morgan fingerprint density at radius 3 is 2.48 bits per heavy atom. The molecule has 2 amide bonds. The summed E-state index contributed by atoms with van der Waals surface area (Å²) in [6.45, 7) is 1.81. The number of halogens is 2. The third kappa shape index (κ3) is 7.05. The molecule has 2 N–H and O–H groups in total. The molecule has 0 radical (unpaired) electrons. The highest BCUT2D eigenvalue weighted by Gasteiger charge is 2.10. The molecule has 0 fully saturated rings. The molecular weight excluding hydrogens is 387 g/mol. The Hall–Kier alpha value is -2.21. The van der Waals surface area contributed by atoms with Crippen LogP contribution in [0.1, 0.15) is 18.1 Å². The third-order valence-electron chi connectivity index (χ3n) is 3.56. The van der Waals surface area contributed by atoms with Crippen LogP contribution in [0.25, 0.3) is 0 Å². The van der Waals surface area contributed by atoms with E-state index in [4.69, 9.17) is 0 Å². The lowest BCUT2D eigenvalue weighted by atomic mass is 10.1. The van der Waals surface area contributed by atoms with E-state index in [1.807, 2.05) is 31.2 Å². The highest BCUT2D eigenvalue weighted by atomic mass is 79.9. The summed E-state index contributed by atoms with van der Waals surface area (Å²) >= 11 is 3.38. The van der Waals surface area contributed by atoms with Crippen LogP contribution in [0.4, 0.5) is 4.39 Å². The smallest absolute Gasteiger partial charge is 0.239 e. The van der Waals surface area contributed by atoms with Gasteiger partial charge in [-0.15, -0.1) is 0 Å². The van der Waals surface area contributed by atoms with Gasteiger partial charge in [-0.3, -0.25) is 9.59 Å². The van der Waals surface area contributed by atoms with Crippen molar-refractivity contribution in [1.82, 2.24) is 10.6 Å². The van der Waals surface area contributed by atoms with E-state index in [0.717, 1.165) is 10.0 Å². The molecule has 0 bridgehead atoms. The summed E-state index contributed by atoms with van der Waals surface area (Å²) in [5, 5.41) is 5.39. The fraction of sp³-hybridized carbons (Fsp3) is 0.263. The average molecular weight is 407 g/mol. The van der Waals surface area contributed by atoms with Gasteiger partial charge in [-0.2, -0.15) is 0 Å². The zero-order valence-corrected chi connectivity index (χ0v) is 15.5. The van der Waals surface area contributed by atoms with E-state index >= 15 is 0 Å². The Kier molecular flexibility index (Phi) is 7.13. The molecule has 0 saturated carbocycles. The monoisotopic (exact) mass is 406 g/mol. The molecule has 2 aromatic carbocycles. The van der Waals surface area contributed by atoms with Crippen molar-refractivity contribution in [2.45, 2.75) is 25.8 Å². The van der Waals surface area contributed by atoms with E-state index in [2.05, 4.69) is 26.6 Å². The van der Waals surface area contributed by atoms with Crippen LogP contribution in [-0.2, 0) is 22.4 Å². The van der Waals surface area contributed by atoms with Crippen LogP contribution in [0, 0.1) is 5.82 Å². The van der Waals surface area contributed by atoms with E-state index in [1.54, 1.807) is 12.1 Å². The predicted octanol–water partition coefficient (Wildman–Crippen LogP) is 2.99. The van der Waals surface area contributed by atoms with Crippen LogP contribution in [0.5, 0.6) is 0 Å². The van der Waals surface area contributed by atoms with Crippen LogP contribution < -0.4 is 10.6 Å². The van der Waals surface area contributed by atoms with Crippen molar-refractivity contribution in [3.63, 3.8) is 0 Å². The van der Waals surface area contributed by atoms with E-state index in [9.17, 15) is 14.0 Å². The van der Waals surface area contributed by atoms with Crippen molar-refractivity contribution in [2.24, 2.45) is 0 Å². The lowest BCUT2D eigenvalue weighted by Crippen LogP contribution is -2.42. The van der Waals surface area contributed by atoms with Gasteiger partial charge in [0.2, 0.25) is 11.8 Å². The summed E-state index contributed by atoms with van der Waals surface area (Å²) in [5.41, 5.74) is 1.69. The first-order chi connectivity index (χ1) is 11.9. The molecule has 0 aromatic heterocycles. The number of benzene rings is 2. The van der Waals surface area contributed by atoms with E-state index in [-0.39, 0.29) is 36.6 Å². The maximum Gasteiger partial charge on any atom is 0.239 e. The SMILES string of the molecule is CC(Cc1ccc(Br)cc1)NC(=O)CNC(=O)Cc1cccc(F)c1. The largest absolute Gasteiger partial charge is 0.352 e. The van der Waals surface area contributed by atoms with Gasteiger partial charge in [0.1, 0.15) is 5.82 Å². The van der Waals surface area contributed by atoms with Crippen LogP contribution in [0.2, 0.25) is 0 Å². The number of hydrogen-bond acceptors (Lipinski definition) is 2. The van der Waals surface area contributed by atoms with Crippen molar-refractivity contribution in [3.05, 3.63) is 69.9 Å². The number of amides is 2. The highest BCUT2D eigenvalue weighted by molar-refractivity contribution is 9.10. The van der Waals surface area contributed by atoms with Crippen LogP contribution in [-0.4, -0.2) is 24.4 Å². The molecule has 2 rings (SSSR count). The van der Waals surface area contributed by atoms with Gasteiger partial charge >= 0.3 is 0 Å².